The first kappa shape index (κ1) is 20.2. The molecule has 0 aromatic heterocycles. The maximum atomic E-state index is 12.5. The average Bonchev–Trinajstić information content (AvgIpc) is 3.43. The second-order valence-corrected chi connectivity index (χ2v) is 8.58. The number of hydrogen-bond acceptors (Lipinski definition) is 3. The van der Waals surface area contributed by atoms with Gasteiger partial charge >= 0.3 is 0 Å². The molecule has 2 heterocycles. The minimum Gasteiger partial charge on any atom is -0.377 e. The van der Waals surface area contributed by atoms with Gasteiger partial charge in [0.25, 0.3) is 0 Å². The second kappa shape index (κ2) is 7.81. The van der Waals surface area contributed by atoms with Gasteiger partial charge in [-0.3, -0.25) is 9.79 Å². The highest BCUT2D eigenvalue weighted by Crippen LogP contribution is 2.51. The van der Waals surface area contributed by atoms with E-state index in [1.807, 2.05) is 0 Å². The summed E-state index contributed by atoms with van der Waals surface area (Å²) >= 11 is 0. The van der Waals surface area contributed by atoms with Crippen LogP contribution in [0.4, 0.5) is 0 Å². The predicted octanol–water partition coefficient (Wildman–Crippen LogP) is 2.08. The Morgan fingerprint density at radius 3 is 2.73 bits per heavy atom. The molecule has 4 fully saturated rings. The monoisotopic (exact) mass is 476 g/mol. The molecule has 0 bridgehead atoms. The Hall–Kier alpha value is -0.570. The summed E-state index contributed by atoms with van der Waals surface area (Å²) in [5.41, 5.74) is 0.111. The van der Waals surface area contributed by atoms with Crippen LogP contribution in [0.5, 0.6) is 0 Å². The number of nitrogens with one attached hydrogen (secondary N) is 1. The van der Waals surface area contributed by atoms with Crippen LogP contribution in [0.15, 0.2) is 4.99 Å². The molecule has 3 atom stereocenters. The van der Waals surface area contributed by atoms with Crippen molar-refractivity contribution in [1.29, 1.82) is 0 Å². The minimum absolute atomic E-state index is 0. The zero-order valence-electron chi connectivity index (χ0n) is 16.2. The first-order valence-electron chi connectivity index (χ1n) is 9.99. The van der Waals surface area contributed by atoms with Crippen molar-refractivity contribution in [2.45, 2.75) is 64.6 Å². The summed E-state index contributed by atoms with van der Waals surface area (Å²) in [5.74, 6) is 1.73. The van der Waals surface area contributed by atoms with Crippen molar-refractivity contribution in [3.63, 3.8) is 0 Å². The molecule has 3 unspecified atom stereocenters. The van der Waals surface area contributed by atoms with Gasteiger partial charge < -0.3 is 19.9 Å². The Morgan fingerprint density at radius 1 is 1.31 bits per heavy atom. The maximum Gasteiger partial charge on any atom is 0.242 e. The van der Waals surface area contributed by atoms with Crippen LogP contribution in [-0.4, -0.2) is 72.6 Å². The molecule has 7 heteroatoms. The number of aliphatic imine (C=N–C) groups is 1. The van der Waals surface area contributed by atoms with Crippen LogP contribution in [0.1, 0.15) is 46.5 Å². The van der Waals surface area contributed by atoms with Gasteiger partial charge in [-0.05, 0) is 32.6 Å². The second-order valence-electron chi connectivity index (χ2n) is 8.58. The molecule has 0 aromatic carbocycles. The van der Waals surface area contributed by atoms with Gasteiger partial charge in [0.1, 0.15) is 0 Å². The third kappa shape index (κ3) is 3.57. The first-order valence-corrected chi connectivity index (χ1v) is 9.99. The van der Waals surface area contributed by atoms with Gasteiger partial charge in [-0.2, -0.15) is 0 Å². The number of carbonyl (C=O) groups is 1. The number of amides is 1. The highest BCUT2D eigenvalue weighted by Gasteiger charge is 2.58. The molecule has 1 N–H and O–H groups in total. The summed E-state index contributed by atoms with van der Waals surface area (Å²) in [7, 11) is 0. The number of hydrogen-bond donors (Lipinski definition) is 1. The summed E-state index contributed by atoms with van der Waals surface area (Å²) in [5, 5.41) is 3.72. The molecule has 0 aromatic rings. The number of nitrogens with zero attached hydrogens (tertiary/aromatic N) is 3. The molecule has 4 aliphatic rings. The van der Waals surface area contributed by atoms with Crippen molar-refractivity contribution in [3.8, 4) is 0 Å². The molecule has 4 rings (SSSR count). The van der Waals surface area contributed by atoms with Crippen LogP contribution in [0.2, 0.25) is 0 Å². The number of piperazine rings is 1. The van der Waals surface area contributed by atoms with Crippen molar-refractivity contribution in [3.05, 3.63) is 0 Å². The lowest BCUT2D eigenvalue weighted by Crippen LogP contribution is -2.71. The van der Waals surface area contributed by atoms with Gasteiger partial charge in [-0.15, -0.1) is 24.0 Å². The SMILES string of the molecule is CCN=C(NC1C2CCCOC2C1(C)C)N1CCN(C2CC2)C(=O)C1.I. The zero-order valence-corrected chi connectivity index (χ0v) is 18.6. The highest BCUT2D eigenvalue weighted by molar-refractivity contribution is 14.0. The largest absolute Gasteiger partial charge is 0.377 e. The van der Waals surface area contributed by atoms with E-state index in [4.69, 9.17) is 9.73 Å². The van der Waals surface area contributed by atoms with Crippen molar-refractivity contribution < 1.29 is 9.53 Å². The number of fused-ring (bicyclic) bond motifs is 1. The van der Waals surface area contributed by atoms with E-state index >= 15 is 0 Å². The summed E-state index contributed by atoms with van der Waals surface area (Å²) < 4.78 is 6.02. The molecule has 2 saturated heterocycles. The van der Waals surface area contributed by atoms with Crippen LogP contribution < -0.4 is 5.32 Å². The van der Waals surface area contributed by atoms with Crippen molar-refractivity contribution in [1.82, 2.24) is 15.1 Å². The lowest BCUT2D eigenvalue weighted by atomic mass is 9.55. The van der Waals surface area contributed by atoms with Gasteiger partial charge in [0.15, 0.2) is 5.96 Å². The molecular formula is C19H33IN4O2. The number of ether oxygens (including phenoxy) is 1. The van der Waals surface area contributed by atoms with Crippen LogP contribution >= 0.6 is 24.0 Å². The lowest BCUT2D eigenvalue weighted by Gasteiger charge is -2.60. The predicted molar refractivity (Wildman–Crippen MR) is 113 cm³/mol. The van der Waals surface area contributed by atoms with Crippen molar-refractivity contribution in [2.75, 3.05) is 32.8 Å². The quantitative estimate of drug-likeness (QED) is 0.385. The molecule has 2 aliphatic heterocycles. The zero-order chi connectivity index (χ0) is 17.6. The van der Waals surface area contributed by atoms with Crippen molar-refractivity contribution >= 4 is 35.8 Å². The van der Waals surface area contributed by atoms with Crippen LogP contribution in [0.25, 0.3) is 0 Å². The number of guanidine groups is 1. The molecular weight excluding hydrogens is 443 g/mol. The molecule has 2 aliphatic carbocycles. The average molecular weight is 476 g/mol. The van der Waals surface area contributed by atoms with Gasteiger partial charge in [-0.25, -0.2) is 0 Å². The summed E-state index contributed by atoms with van der Waals surface area (Å²) in [6.07, 6.45) is 5.08. The van der Waals surface area contributed by atoms with E-state index in [0.29, 0.717) is 30.7 Å². The van der Waals surface area contributed by atoms with Crippen LogP contribution in [0, 0.1) is 11.3 Å². The molecule has 0 radical (unpaired) electrons. The number of carbonyl (C=O) groups excluding carboxylic acids is 1. The summed E-state index contributed by atoms with van der Waals surface area (Å²) in [6.45, 7) is 10.4. The smallest absolute Gasteiger partial charge is 0.242 e. The van der Waals surface area contributed by atoms with Gasteiger partial charge in [0, 0.05) is 49.7 Å². The summed E-state index contributed by atoms with van der Waals surface area (Å²) in [6, 6.07) is 0.888. The first-order chi connectivity index (χ1) is 12.0. The number of rotatable bonds is 3. The minimum atomic E-state index is 0. The Labute approximate surface area is 174 Å². The lowest BCUT2D eigenvalue weighted by molar-refractivity contribution is -0.188. The third-order valence-corrected chi connectivity index (χ3v) is 6.47. The van der Waals surface area contributed by atoms with Gasteiger partial charge in [0.2, 0.25) is 5.91 Å². The molecule has 26 heavy (non-hydrogen) atoms. The fourth-order valence-electron chi connectivity index (χ4n) is 4.98. The van der Waals surface area contributed by atoms with E-state index in [9.17, 15) is 4.79 Å². The Balaban J connectivity index is 0.00000196. The number of halogens is 1. The molecule has 1 amide bonds. The molecule has 0 spiro atoms. The maximum absolute atomic E-state index is 12.5. The standard InChI is InChI=1S/C19H32N4O2.HI/c1-4-20-18(22-9-10-23(13-7-8-13)15(24)12-22)21-16-14-6-5-11-25-17(14)19(16,2)3;/h13-14,16-17H,4-12H2,1-3H3,(H,20,21);1H. The fourth-order valence-corrected chi connectivity index (χ4v) is 4.98. The van der Waals surface area contributed by atoms with E-state index in [1.54, 1.807) is 0 Å². The van der Waals surface area contributed by atoms with E-state index < -0.39 is 0 Å². The van der Waals surface area contributed by atoms with E-state index in [2.05, 4.69) is 35.9 Å². The molecule has 2 saturated carbocycles. The van der Waals surface area contributed by atoms with Gasteiger partial charge in [0.05, 0.1) is 12.6 Å². The van der Waals surface area contributed by atoms with Gasteiger partial charge in [-0.1, -0.05) is 13.8 Å². The summed E-state index contributed by atoms with van der Waals surface area (Å²) in [4.78, 5) is 21.4. The fraction of sp³-hybridized carbons (Fsp3) is 0.895. The topological polar surface area (TPSA) is 57.2 Å². The van der Waals surface area contributed by atoms with E-state index in [0.717, 1.165) is 38.6 Å². The van der Waals surface area contributed by atoms with Crippen LogP contribution in [-0.2, 0) is 9.53 Å². The molecule has 6 nitrogen and oxygen atoms in total. The van der Waals surface area contributed by atoms with E-state index in [1.165, 1.54) is 19.3 Å². The normalized spacial score (nSPS) is 33.9. The Kier molecular flexibility index (Phi) is 6.06. The van der Waals surface area contributed by atoms with Crippen LogP contribution in [0.3, 0.4) is 0 Å². The van der Waals surface area contributed by atoms with E-state index in [-0.39, 0.29) is 35.3 Å². The van der Waals surface area contributed by atoms with Crippen molar-refractivity contribution in [2.24, 2.45) is 16.3 Å². The molecule has 148 valence electrons. The third-order valence-electron chi connectivity index (χ3n) is 6.47. The Bertz CT molecular complexity index is 564. The Morgan fingerprint density at radius 2 is 2.08 bits per heavy atom. The highest BCUT2D eigenvalue weighted by atomic mass is 127.